The number of carbonyl (C=O) groups excluding carboxylic acids is 1. The van der Waals surface area contributed by atoms with Gasteiger partial charge in [0, 0.05) is 13.0 Å². The number of ether oxygens (including phenoxy) is 3. The van der Waals surface area contributed by atoms with Crippen LogP contribution in [0.15, 0.2) is 24.3 Å². The molecule has 0 atom stereocenters. The Hall–Kier alpha value is -1.99. The fraction of sp³-hybridized carbons (Fsp3) is 0.357. The zero-order valence-corrected chi connectivity index (χ0v) is 10.6. The van der Waals surface area contributed by atoms with Crippen molar-refractivity contribution >= 4 is 5.97 Å². The smallest absolute Gasteiger partial charge is 0.384 e. The van der Waals surface area contributed by atoms with Crippen molar-refractivity contribution in [1.82, 2.24) is 0 Å². The summed E-state index contributed by atoms with van der Waals surface area (Å²) in [6.45, 7) is 3.00. The van der Waals surface area contributed by atoms with E-state index in [4.69, 9.17) is 14.2 Å². The van der Waals surface area contributed by atoms with Crippen molar-refractivity contribution in [2.45, 2.75) is 6.92 Å². The molecule has 1 aromatic carbocycles. The molecule has 0 heterocycles. The van der Waals surface area contributed by atoms with Gasteiger partial charge in [0.15, 0.2) is 0 Å². The Bertz CT molecular complexity index is 443. The van der Waals surface area contributed by atoms with Gasteiger partial charge in [0.2, 0.25) is 0 Å². The zero-order valence-electron chi connectivity index (χ0n) is 10.6. The van der Waals surface area contributed by atoms with Crippen molar-refractivity contribution in [1.29, 1.82) is 0 Å². The Balaban J connectivity index is 2.72. The summed E-state index contributed by atoms with van der Waals surface area (Å²) in [6, 6.07) is 7.26. The van der Waals surface area contributed by atoms with Crippen molar-refractivity contribution in [3.63, 3.8) is 0 Å². The van der Waals surface area contributed by atoms with Gasteiger partial charge in [-0.3, -0.25) is 0 Å². The topological polar surface area (TPSA) is 44.8 Å². The summed E-state index contributed by atoms with van der Waals surface area (Å²) in [5, 5.41) is 0. The Kier molecular flexibility index (Phi) is 6.37. The molecule has 0 aliphatic rings. The van der Waals surface area contributed by atoms with Crippen LogP contribution in [-0.4, -0.2) is 32.9 Å². The van der Waals surface area contributed by atoms with Crippen molar-refractivity contribution < 1.29 is 19.0 Å². The summed E-state index contributed by atoms with van der Waals surface area (Å²) in [6.07, 6.45) is 0. The van der Waals surface area contributed by atoms with Crippen LogP contribution in [0.5, 0.6) is 5.75 Å². The van der Waals surface area contributed by atoms with Gasteiger partial charge in [-0.2, -0.15) is 0 Å². The summed E-state index contributed by atoms with van der Waals surface area (Å²) in [7, 11) is 1.61. The first-order valence-corrected chi connectivity index (χ1v) is 5.67. The molecule has 0 saturated heterocycles. The van der Waals surface area contributed by atoms with Crippen molar-refractivity contribution in [3.8, 4) is 17.6 Å². The van der Waals surface area contributed by atoms with Crippen molar-refractivity contribution in [2.24, 2.45) is 0 Å². The number of hydrogen-bond donors (Lipinski definition) is 0. The predicted octanol–water partition coefficient (Wildman–Crippen LogP) is 1.63. The summed E-state index contributed by atoms with van der Waals surface area (Å²) in [4.78, 5) is 11.1. The molecule has 0 aliphatic heterocycles. The number of methoxy groups -OCH3 is 1. The fourth-order valence-electron chi connectivity index (χ4n) is 1.22. The zero-order chi connectivity index (χ0) is 13.2. The molecule has 4 heteroatoms. The number of carbonyl (C=O) groups is 1. The van der Waals surface area contributed by atoms with E-state index < -0.39 is 5.97 Å². The van der Waals surface area contributed by atoms with Gasteiger partial charge in [0.05, 0.1) is 18.8 Å². The third-order valence-corrected chi connectivity index (χ3v) is 2.01. The minimum absolute atomic E-state index is 0.319. The second-order valence-electron chi connectivity index (χ2n) is 3.31. The fourth-order valence-corrected chi connectivity index (χ4v) is 1.22. The molecule has 0 unspecified atom stereocenters. The molecule has 0 saturated carbocycles. The van der Waals surface area contributed by atoms with Gasteiger partial charge in [0.25, 0.3) is 0 Å². The summed E-state index contributed by atoms with van der Waals surface area (Å²) in [5.41, 5.74) is 0.654. The molecule has 0 fully saturated rings. The van der Waals surface area contributed by atoms with Crippen LogP contribution in [0.3, 0.4) is 0 Å². The molecule has 0 radical (unpaired) electrons. The average molecular weight is 248 g/mol. The van der Waals surface area contributed by atoms with Gasteiger partial charge in [0.1, 0.15) is 12.4 Å². The number of benzene rings is 1. The second-order valence-corrected chi connectivity index (χ2v) is 3.31. The largest absolute Gasteiger partial charge is 0.490 e. The van der Waals surface area contributed by atoms with Crippen LogP contribution in [-0.2, 0) is 14.3 Å². The first-order valence-electron chi connectivity index (χ1n) is 5.67. The maximum Gasteiger partial charge on any atom is 0.384 e. The maximum absolute atomic E-state index is 11.1. The standard InChI is InChI=1S/C14H16O4/c1-3-17-14(15)9-8-12-6-4-5-7-13(12)18-11-10-16-2/h4-7H,3,10-11H2,1-2H3. The lowest BCUT2D eigenvalue weighted by atomic mass is 10.2. The van der Waals surface area contributed by atoms with E-state index in [9.17, 15) is 4.79 Å². The molecule has 0 aliphatic carbocycles. The minimum Gasteiger partial charge on any atom is -0.490 e. The van der Waals surface area contributed by atoms with Crippen LogP contribution in [0.1, 0.15) is 12.5 Å². The van der Waals surface area contributed by atoms with E-state index in [-0.39, 0.29) is 0 Å². The molecule has 18 heavy (non-hydrogen) atoms. The first-order chi connectivity index (χ1) is 8.77. The Morgan fingerprint density at radius 2 is 2.06 bits per heavy atom. The van der Waals surface area contributed by atoms with Gasteiger partial charge in [-0.1, -0.05) is 18.1 Å². The molecular weight excluding hydrogens is 232 g/mol. The van der Waals surface area contributed by atoms with Crippen molar-refractivity contribution in [3.05, 3.63) is 29.8 Å². The van der Waals surface area contributed by atoms with E-state index in [1.807, 2.05) is 12.1 Å². The van der Waals surface area contributed by atoms with Gasteiger partial charge < -0.3 is 14.2 Å². The van der Waals surface area contributed by atoms with Crippen LogP contribution in [0.2, 0.25) is 0 Å². The van der Waals surface area contributed by atoms with E-state index in [2.05, 4.69) is 11.8 Å². The van der Waals surface area contributed by atoms with Crippen LogP contribution < -0.4 is 4.74 Å². The molecule has 96 valence electrons. The van der Waals surface area contributed by atoms with Gasteiger partial charge in [-0.05, 0) is 19.1 Å². The lowest BCUT2D eigenvalue weighted by molar-refractivity contribution is -0.136. The third kappa shape index (κ3) is 4.89. The van der Waals surface area contributed by atoms with Gasteiger partial charge >= 0.3 is 5.97 Å². The maximum atomic E-state index is 11.1. The van der Waals surface area contributed by atoms with E-state index in [1.165, 1.54) is 0 Å². The van der Waals surface area contributed by atoms with E-state index in [1.54, 1.807) is 26.2 Å². The number of rotatable bonds is 5. The molecular formula is C14H16O4. The normalized spacial score (nSPS) is 9.22. The SMILES string of the molecule is CCOC(=O)C#Cc1ccccc1OCCOC. The highest BCUT2D eigenvalue weighted by atomic mass is 16.5. The van der Waals surface area contributed by atoms with Crippen LogP contribution in [0, 0.1) is 11.8 Å². The number of esters is 1. The second kappa shape index (κ2) is 8.15. The third-order valence-electron chi connectivity index (χ3n) is 2.01. The summed E-state index contributed by atoms with van der Waals surface area (Å²) in [5.74, 6) is 5.24. The molecule has 0 amide bonds. The monoisotopic (exact) mass is 248 g/mol. The number of hydrogen-bond acceptors (Lipinski definition) is 4. The van der Waals surface area contributed by atoms with Crippen LogP contribution in [0.4, 0.5) is 0 Å². The van der Waals surface area contributed by atoms with Crippen molar-refractivity contribution in [2.75, 3.05) is 26.9 Å². The van der Waals surface area contributed by atoms with E-state index >= 15 is 0 Å². The van der Waals surface area contributed by atoms with E-state index in [0.29, 0.717) is 31.1 Å². The highest BCUT2D eigenvalue weighted by Crippen LogP contribution is 2.16. The van der Waals surface area contributed by atoms with E-state index in [0.717, 1.165) is 0 Å². The quantitative estimate of drug-likeness (QED) is 0.451. The summed E-state index contributed by atoms with van der Waals surface area (Å²) >= 11 is 0. The molecule has 0 N–H and O–H groups in total. The molecule has 0 spiro atoms. The Morgan fingerprint density at radius 3 is 2.78 bits per heavy atom. The predicted molar refractivity (Wildman–Crippen MR) is 67.3 cm³/mol. The van der Waals surface area contributed by atoms with Crippen LogP contribution in [0.25, 0.3) is 0 Å². The minimum atomic E-state index is -0.538. The summed E-state index contributed by atoms with van der Waals surface area (Å²) < 4.78 is 15.1. The van der Waals surface area contributed by atoms with Crippen LogP contribution >= 0.6 is 0 Å². The lowest BCUT2D eigenvalue weighted by Gasteiger charge is -2.06. The molecule has 1 rings (SSSR count). The first kappa shape index (κ1) is 14.1. The Labute approximate surface area is 107 Å². The average Bonchev–Trinajstić information content (AvgIpc) is 2.38. The molecule has 4 nitrogen and oxygen atoms in total. The highest BCUT2D eigenvalue weighted by molar-refractivity contribution is 5.89. The highest BCUT2D eigenvalue weighted by Gasteiger charge is 2.00. The Morgan fingerprint density at radius 1 is 1.28 bits per heavy atom. The van der Waals surface area contributed by atoms with Gasteiger partial charge in [-0.25, -0.2) is 4.79 Å². The molecule has 1 aromatic rings. The number of para-hydroxylation sites is 1. The lowest BCUT2D eigenvalue weighted by Crippen LogP contribution is -2.05. The van der Waals surface area contributed by atoms with Gasteiger partial charge in [-0.15, -0.1) is 0 Å². The molecule has 0 aromatic heterocycles. The molecule has 0 bridgehead atoms.